The van der Waals surface area contributed by atoms with E-state index in [4.69, 9.17) is 0 Å². The van der Waals surface area contributed by atoms with E-state index in [1.54, 1.807) is 0 Å². The maximum Gasteiger partial charge on any atom is 0.222 e. The Kier molecular flexibility index (Phi) is 6.06. The highest BCUT2D eigenvalue weighted by Crippen LogP contribution is 2.08. The summed E-state index contributed by atoms with van der Waals surface area (Å²) in [6.07, 6.45) is 3.95. The van der Waals surface area contributed by atoms with Crippen LogP contribution in [0.15, 0.2) is 30.3 Å². The van der Waals surface area contributed by atoms with Crippen LogP contribution in [0, 0.1) is 0 Å². The molecule has 0 radical (unpaired) electrons. The third-order valence-electron chi connectivity index (χ3n) is 4.03. The molecule has 0 aromatic heterocycles. The molecule has 1 aliphatic rings. The number of unbranched alkanes of at least 4 members (excludes halogenated alkanes) is 1. The highest BCUT2D eigenvalue weighted by molar-refractivity contribution is 5.76. The molecular weight excluding hydrogens is 248 g/mol. The molecule has 1 aromatic carbocycles. The lowest BCUT2D eigenvalue weighted by Gasteiger charge is -2.34. The van der Waals surface area contributed by atoms with E-state index in [2.05, 4.69) is 42.2 Å². The molecule has 1 heterocycles. The summed E-state index contributed by atoms with van der Waals surface area (Å²) in [5.74, 6) is 0.342. The Hall–Kier alpha value is -1.35. The summed E-state index contributed by atoms with van der Waals surface area (Å²) in [5, 5.41) is 0. The van der Waals surface area contributed by atoms with E-state index in [1.807, 2.05) is 4.90 Å². The van der Waals surface area contributed by atoms with Crippen LogP contribution >= 0.6 is 0 Å². The Balaban J connectivity index is 1.68. The van der Waals surface area contributed by atoms with Crippen molar-refractivity contribution < 1.29 is 4.79 Å². The number of rotatable bonds is 6. The minimum atomic E-state index is 0.342. The zero-order chi connectivity index (χ0) is 14.2. The van der Waals surface area contributed by atoms with E-state index < -0.39 is 0 Å². The van der Waals surface area contributed by atoms with Crippen LogP contribution in [0.2, 0.25) is 0 Å². The quantitative estimate of drug-likeness (QED) is 0.796. The molecule has 20 heavy (non-hydrogen) atoms. The maximum atomic E-state index is 12.0. The van der Waals surface area contributed by atoms with Gasteiger partial charge in [0.25, 0.3) is 0 Å². The smallest absolute Gasteiger partial charge is 0.222 e. The third-order valence-corrected chi connectivity index (χ3v) is 4.03. The number of carbonyl (C=O) groups excluding carboxylic acids is 1. The van der Waals surface area contributed by atoms with E-state index in [-0.39, 0.29) is 0 Å². The topological polar surface area (TPSA) is 23.6 Å². The van der Waals surface area contributed by atoms with Crippen molar-refractivity contribution in [1.82, 2.24) is 9.80 Å². The molecule has 3 nitrogen and oxygen atoms in total. The van der Waals surface area contributed by atoms with Gasteiger partial charge in [-0.2, -0.15) is 0 Å². The molecule has 0 N–H and O–H groups in total. The molecular formula is C17H26N2O. The van der Waals surface area contributed by atoms with Crippen molar-refractivity contribution >= 4 is 5.91 Å². The number of hydrogen-bond acceptors (Lipinski definition) is 2. The summed E-state index contributed by atoms with van der Waals surface area (Å²) in [6, 6.07) is 10.6. The number of carbonyl (C=O) groups is 1. The molecule has 2 rings (SSSR count). The zero-order valence-corrected chi connectivity index (χ0v) is 12.6. The maximum absolute atomic E-state index is 12.0. The molecule has 3 heteroatoms. The van der Waals surface area contributed by atoms with Gasteiger partial charge in [0.05, 0.1) is 0 Å². The standard InChI is InChI=1S/C17H26N2O/c1-2-3-9-17(20)19-14-12-18(13-15-19)11-10-16-7-5-4-6-8-16/h4-8H,2-3,9-15H2,1H3. The number of nitrogens with zero attached hydrogens (tertiary/aromatic N) is 2. The van der Waals surface area contributed by atoms with Crippen molar-refractivity contribution in [2.24, 2.45) is 0 Å². The second kappa shape index (κ2) is 8.05. The fourth-order valence-electron chi connectivity index (χ4n) is 2.64. The lowest BCUT2D eigenvalue weighted by atomic mass is 10.1. The molecule has 1 fully saturated rings. The normalized spacial score (nSPS) is 16.4. The predicted octanol–water partition coefficient (Wildman–Crippen LogP) is 2.56. The van der Waals surface area contributed by atoms with Crippen molar-refractivity contribution in [3.63, 3.8) is 0 Å². The lowest BCUT2D eigenvalue weighted by Crippen LogP contribution is -2.49. The largest absolute Gasteiger partial charge is 0.340 e. The van der Waals surface area contributed by atoms with Crippen LogP contribution in [0.3, 0.4) is 0 Å². The van der Waals surface area contributed by atoms with Crippen molar-refractivity contribution in [1.29, 1.82) is 0 Å². The average molecular weight is 274 g/mol. The van der Waals surface area contributed by atoms with Crippen LogP contribution in [0.4, 0.5) is 0 Å². The summed E-state index contributed by atoms with van der Waals surface area (Å²) in [6.45, 7) is 7.07. The molecule has 1 aromatic rings. The second-order valence-corrected chi connectivity index (χ2v) is 5.56. The summed E-state index contributed by atoms with van der Waals surface area (Å²) in [5.41, 5.74) is 1.40. The van der Waals surface area contributed by atoms with Crippen LogP contribution in [0.25, 0.3) is 0 Å². The van der Waals surface area contributed by atoms with Gasteiger partial charge in [0.2, 0.25) is 5.91 Å². The Morgan fingerprint density at radius 1 is 1.10 bits per heavy atom. The molecule has 0 spiro atoms. The molecule has 1 saturated heterocycles. The first-order valence-electron chi connectivity index (χ1n) is 7.83. The van der Waals surface area contributed by atoms with Gasteiger partial charge < -0.3 is 4.90 Å². The van der Waals surface area contributed by atoms with Gasteiger partial charge in [0.1, 0.15) is 0 Å². The van der Waals surface area contributed by atoms with Gasteiger partial charge >= 0.3 is 0 Å². The van der Waals surface area contributed by atoms with Crippen LogP contribution in [-0.2, 0) is 11.2 Å². The van der Waals surface area contributed by atoms with E-state index in [0.29, 0.717) is 5.91 Å². The van der Waals surface area contributed by atoms with Gasteiger partial charge in [-0.3, -0.25) is 9.69 Å². The van der Waals surface area contributed by atoms with Crippen LogP contribution in [0.5, 0.6) is 0 Å². The van der Waals surface area contributed by atoms with Crippen molar-refractivity contribution in [2.75, 3.05) is 32.7 Å². The highest BCUT2D eigenvalue weighted by atomic mass is 16.2. The van der Waals surface area contributed by atoms with Crippen molar-refractivity contribution in [3.8, 4) is 0 Å². The van der Waals surface area contributed by atoms with Crippen LogP contribution in [-0.4, -0.2) is 48.4 Å². The third kappa shape index (κ3) is 4.64. The fourth-order valence-corrected chi connectivity index (χ4v) is 2.64. The minimum Gasteiger partial charge on any atom is -0.340 e. The Bertz CT molecular complexity index is 397. The van der Waals surface area contributed by atoms with Gasteiger partial charge in [0, 0.05) is 39.1 Å². The second-order valence-electron chi connectivity index (χ2n) is 5.56. The summed E-state index contributed by atoms with van der Waals surface area (Å²) in [7, 11) is 0. The molecule has 0 saturated carbocycles. The summed E-state index contributed by atoms with van der Waals surface area (Å²) >= 11 is 0. The lowest BCUT2D eigenvalue weighted by molar-refractivity contribution is -0.133. The van der Waals surface area contributed by atoms with Crippen LogP contribution < -0.4 is 0 Å². The van der Waals surface area contributed by atoms with Crippen LogP contribution in [0.1, 0.15) is 31.7 Å². The molecule has 0 aliphatic carbocycles. The Labute approximate surface area is 122 Å². The van der Waals surface area contributed by atoms with Gasteiger partial charge in [-0.05, 0) is 18.4 Å². The molecule has 0 unspecified atom stereocenters. The van der Waals surface area contributed by atoms with Gasteiger partial charge in [-0.1, -0.05) is 43.7 Å². The molecule has 1 aliphatic heterocycles. The monoisotopic (exact) mass is 274 g/mol. The molecule has 0 atom stereocenters. The van der Waals surface area contributed by atoms with E-state index in [0.717, 1.165) is 58.4 Å². The summed E-state index contributed by atoms with van der Waals surface area (Å²) in [4.78, 5) is 16.5. The van der Waals surface area contributed by atoms with E-state index in [1.165, 1.54) is 5.56 Å². The van der Waals surface area contributed by atoms with Crippen molar-refractivity contribution in [2.45, 2.75) is 32.6 Å². The first-order chi connectivity index (χ1) is 9.79. The van der Waals surface area contributed by atoms with Gasteiger partial charge in [0.15, 0.2) is 0 Å². The van der Waals surface area contributed by atoms with E-state index >= 15 is 0 Å². The Morgan fingerprint density at radius 2 is 1.80 bits per heavy atom. The van der Waals surface area contributed by atoms with Gasteiger partial charge in [-0.25, -0.2) is 0 Å². The highest BCUT2D eigenvalue weighted by Gasteiger charge is 2.20. The number of hydrogen-bond donors (Lipinski definition) is 0. The average Bonchev–Trinajstić information content (AvgIpc) is 2.52. The SMILES string of the molecule is CCCCC(=O)N1CCN(CCc2ccccc2)CC1. The summed E-state index contributed by atoms with van der Waals surface area (Å²) < 4.78 is 0. The predicted molar refractivity (Wildman–Crippen MR) is 82.7 cm³/mol. The minimum absolute atomic E-state index is 0.342. The van der Waals surface area contributed by atoms with E-state index in [9.17, 15) is 4.79 Å². The fraction of sp³-hybridized carbons (Fsp3) is 0.588. The zero-order valence-electron chi connectivity index (χ0n) is 12.6. The molecule has 1 amide bonds. The van der Waals surface area contributed by atoms with Gasteiger partial charge in [-0.15, -0.1) is 0 Å². The Morgan fingerprint density at radius 3 is 2.45 bits per heavy atom. The molecule has 0 bridgehead atoms. The first kappa shape index (κ1) is 15.0. The molecule has 110 valence electrons. The number of piperazine rings is 1. The van der Waals surface area contributed by atoms with Crippen molar-refractivity contribution in [3.05, 3.63) is 35.9 Å². The first-order valence-corrected chi connectivity index (χ1v) is 7.83. The number of amides is 1. The number of benzene rings is 1.